The van der Waals surface area contributed by atoms with Crippen molar-refractivity contribution in [1.82, 2.24) is 4.98 Å². The van der Waals surface area contributed by atoms with E-state index >= 15 is 0 Å². The zero-order valence-corrected chi connectivity index (χ0v) is 17.6. The van der Waals surface area contributed by atoms with Crippen molar-refractivity contribution in [2.75, 3.05) is 4.72 Å². The van der Waals surface area contributed by atoms with Gasteiger partial charge in [-0.05, 0) is 29.8 Å². The van der Waals surface area contributed by atoms with Crippen molar-refractivity contribution in [2.24, 2.45) is 0 Å². The van der Waals surface area contributed by atoms with Gasteiger partial charge in [-0.1, -0.05) is 66.2 Å². The number of hydrogen-bond donors (Lipinski definition) is 1. The Kier molecular flexibility index (Phi) is 5.67. The molecule has 0 aliphatic carbocycles. The van der Waals surface area contributed by atoms with Crippen LogP contribution < -0.4 is 4.72 Å². The summed E-state index contributed by atoms with van der Waals surface area (Å²) < 4.78 is 27.5. The van der Waals surface area contributed by atoms with E-state index in [0.29, 0.717) is 16.3 Å². The smallest absolute Gasteiger partial charge is 0.236 e. The van der Waals surface area contributed by atoms with Gasteiger partial charge in [0.05, 0.1) is 11.4 Å². The maximum absolute atomic E-state index is 12.4. The van der Waals surface area contributed by atoms with Crippen LogP contribution in [0.1, 0.15) is 5.56 Å². The highest BCUT2D eigenvalue weighted by Crippen LogP contribution is 2.29. The average Bonchev–Trinajstić information content (AvgIpc) is 3.19. The third-order valence-corrected chi connectivity index (χ3v) is 6.61. The maximum atomic E-state index is 12.4. The number of anilines is 1. The molecule has 3 aromatic carbocycles. The predicted molar refractivity (Wildman–Crippen MR) is 121 cm³/mol. The molecular weight excluding hydrogens is 424 g/mol. The van der Waals surface area contributed by atoms with Gasteiger partial charge in [0, 0.05) is 27.2 Å². The standard InChI is InChI=1S/C22H17ClN2O2S2/c23-19-8-4-5-16(13-19)15-29(26,27)25-20-11-9-17(10-12-20)21-14-28-22(24-21)18-6-2-1-3-7-18/h1-14,25H,15H2. The van der Waals surface area contributed by atoms with Crippen molar-refractivity contribution in [3.05, 3.63) is 94.8 Å². The first-order valence-electron chi connectivity index (χ1n) is 8.85. The van der Waals surface area contributed by atoms with E-state index in [9.17, 15) is 8.42 Å². The Morgan fingerprint density at radius 3 is 2.38 bits per heavy atom. The third-order valence-electron chi connectivity index (χ3n) is 4.22. The highest BCUT2D eigenvalue weighted by molar-refractivity contribution is 7.91. The number of benzene rings is 3. The zero-order chi connectivity index (χ0) is 20.3. The van der Waals surface area contributed by atoms with Crippen molar-refractivity contribution >= 4 is 38.6 Å². The van der Waals surface area contributed by atoms with Crippen LogP contribution in [0.25, 0.3) is 21.8 Å². The Bertz CT molecular complexity index is 1220. The Morgan fingerprint density at radius 1 is 0.897 bits per heavy atom. The second kappa shape index (κ2) is 8.37. The fourth-order valence-corrected chi connectivity index (χ4v) is 5.12. The number of nitrogens with one attached hydrogen (secondary N) is 1. The molecule has 0 unspecified atom stereocenters. The molecule has 1 N–H and O–H groups in total. The van der Waals surface area contributed by atoms with Crippen LogP contribution in [0, 0.1) is 0 Å². The van der Waals surface area contributed by atoms with Gasteiger partial charge in [0.1, 0.15) is 5.01 Å². The minimum atomic E-state index is -3.54. The summed E-state index contributed by atoms with van der Waals surface area (Å²) >= 11 is 7.51. The van der Waals surface area contributed by atoms with Crippen molar-refractivity contribution in [2.45, 2.75) is 5.75 Å². The van der Waals surface area contributed by atoms with E-state index in [1.54, 1.807) is 47.7 Å². The Labute approximate surface area is 178 Å². The summed E-state index contributed by atoms with van der Waals surface area (Å²) in [6.07, 6.45) is 0. The second-order valence-corrected chi connectivity index (χ2v) is 9.49. The van der Waals surface area contributed by atoms with E-state index in [1.807, 2.05) is 47.8 Å². The monoisotopic (exact) mass is 440 g/mol. The lowest BCUT2D eigenvalue weighted by molar-refractivity contribution is 0.600. The lowest BCUT2D eigenvalue weighted by Crippen LogP contribution is -2.15. The molecule has 7 heteroatoms. The van der Waals surface area contributed by atoms with Crippen LogP contribution in [0.2, 0.25) is 5.02 Å². The lowest BCUT2D eigenvalue weighted by Gasteiger charge is -2.09. The number of aromatic nitrogens is 1. The van der Waals surface area contributed by atoms with Gasteiger partial charge in [-0.2, -0.15) is 0 Å². The molecule has 0 radical (unpaired) electrons. The number of halogens is 1. The number of sulfonamides is 1. The topological polar surface area (TPSA) is 59.1 Å². The van der Waals surface area contributed by atoms with Crippen molar-refractivity contribution in [1.29, 1.82) is 0 Å². The molecule has 29 heavy (non-hydrogen) atoms. The van der Waals surface area contributed by atoms with E-state index in [4.69, 9.17) is 11.6 Å². The minimum Gasteiger partial charge on any atom is -0.283 e. The third kappa shape index (κ3) is 5.03. The molecule has 0 bridgehead atoms. The molecule has 0 fully saturated rings. The first-order chi connectivity index (χ1) is 14.0. The Morgan fingerprint density at radius 2 is 1.66 bits per heavy atom. The molecule has 4 rings (SSSR count). The molecule has 146 valence electrons. The largest absolute Gasteiger partial charge is 0.283 e. The SMILES string of the molecule is O=S(=O)(Cc1cccc(Cl)c1)Nc1ccc(-c2csc(-c3ccccc3)n2)cc1. The van der Waals surface area contributed by atoms with Gasteiger partial charge < -0.3 is 0 Å². The van der Waals surface area contributed by atoms with Crippen LogP contribution >= 0.6 is 22.9 Å². The second-order valence-electron chi connectivity index (χ2n) is 6.47. The molecule has 1 heterocycles. The molecule has 0 saturated heterocycles. The highest BCUT2D eigenvalue weighted by atomic mass is 35.5. The number of thiazole rings is 1. The average molecular weight is 441 g/mol. The van der Waals surface area contributed by atoms with Gasteiger partial charge >= 0.3 is 0 Å². The molecule has 0 saturated carbocycles. The summed E-state index contributed by atoms with van der Waals surface area (Å²) in [6, 6.07) is 24.1. The molecule has 0 spiro atoms. The summed E-state index contributed by atoms with van der Waals surface area (Å²) in [7, 11) is -3.54. The quantitative estimate of drug-likeness (QED) is 0.395. The molecular formula is C22H17ClN2O2S2. The van der Waals surface area contributed by atoms with Crippen LogP contribution in [0.15, 0.2) is 84.2 Å². The summed E-state index contributed by atoms with van der Waals surface area (Å²) in [5, 5.41) is 3.47. The van der Waals surface area contributed by atoms with E-state index in [1.165, 1.54) is 0 Å². The predicted octanol–water partition coefficient (Wildman–Crippen LogP) is 6.07. The van der Waals surface area contributed by atoms with Crippen LogP contribution in [-0.2, 0) is 15.8 Å². The van der Waals surface area contributed by atoms with Gasteiger partial charge in [-0.25, -0.2) is 13.4 Å². The summed E-state index contributed by atoms with van der Waals surface area (Å²) in [4.78, 5) is 4.69. The lowest BCUT2D eigenvalue weighted by atomic mass is 10.1. The summed E-state index contributed by atoms with van der Waals surface area (Å²) in [5.74, 6) is -0.137. The minimum absolute atomic E-state index is 0.137. The first-order valence-corrected chi connectivity index (χ1v) is 11.8. The van der Waals surface area contributed by atoms with Gasteiger partial charge in [0.2, 0.25) is 10.0 Å². The van der Waals surface area contributed by atoms with Crippen molar-refractivity contribution < 1.29 is 8.42 Å². The number of hydrogen-bond acceptors (Lipinski definition) is 4. The van der Waals surface area contributed by atoms with Gasteiger partial charge in [0.25, 0.3) is 0 Å². The number of rotatable bonds is 6. The molecule has 0 aliphatic rings. The molecule has 0 amide bonds. The first kappa shape index (κ1) is 19.6. The molecule has 4 aromatic rings. The van der Waals surface area contributed by atoms with Crippen molar-refractivity contribution in [3.63, 3.8) is 0 Å². The van der Waals surface area contributed by atoms with Crippen LogP contribution in [0.3, 0.4) is 0 Å². The Balaban J connectivity index is 1.47. The molecule has 1 aromatic heterocycles. The molecule has 0 aliphatic heterocycles. The van der Waals surface area contributed by atoms with E-state index in [0.717, 1.165) is 21.8 Å². The fourth-order valence-electron chi connectivity index (χ4n) is 2.89. The van der Waals surface area contributed by atoms with Gasteiger partial charge in [-0.15, -0.1) is 11.3 Å². The van der Waals surface area contributed by atoms with E-state index in [2.05, 4.69) is 9.71 Å². The summed E-state index contributed by atoms with van der Waals surface area (Å²) in [5.41, 5.74) is 4.02. The van der Waals surface area contributed by atoms with E-state index in [-0.39, 0.29) is 5.75 Å². The van der Waals surface area contributed by atoms with Crippen LogP contribution in [0.5, 0.6) is 0 Å². The van der Waals surface area contributed by atoms with Gasteiger partial charge in [-0.3, -0.25) is 4.72 Å². The van der Waals surface area contributed by atoms with Crippen LogP contribution in [-0.4, -0.2) is 13.4 Å². The Hall–Kier alpha value is -2.67. The van der Waals surface area contributed by atoms with Gasteiger partial charge in [0.15, 0.2) is 0 Å². The van der Waals surface area contributed by atoms with E-state index < -0.39 is 10.0 Å². The van der Waals surface area contributed by atoms with Crippen LogP contribution in [0.4, 0.5) is 5.69 Å². The zero-order valence-electron chi connectivity index (χ0n) is 15.2. The summed E-state index contributed by atoms with van der Waals surface area (Å²) in [6.45, 7) is 0. The normalized spacial score (nSPS) is 11.3. The maximum Gasteiger partial charge on any atom is 0.236 e. The molecule has 4 nitrogen and oxygen atoms in total. The number of nitrogens with zero attached hydrogens (tertiary/aromatic N) is 1. The molecule has 0 atom stereocenters. The van der Waals surface area contributed by atoms with Crippen molar-refractivity contribution in [3.8, 4) is 21.8 Å². The highest BCUT2D eigenvalue weighted by Gasteiger charge is 2.13. The fraction of sp³-hybridized carbons (Fsp3) is 0.0455.